The van der Waals surface area contributed by atoms with Crippen LogP contribution in [0.25, 0.3) is 11.1 Å². The zero-order chi connectivity index (χ0) is 18.9. The molecule has 2 aromatic carbocycles. The van der Waals surface area contributed by atoms with E-state index in [0.717, 1.165) is 11.1 Å². The molecule has 0 atom stereocenters. The van der Waals surface area contributed by atoms with Crippen LogP contribution in [0.15, 0.2) is 52.0 Å². The van der Waals surface area contributed by atoms with Gasteiger partial charge in [0.05, 0.1) is 23.8 Å². The molecule has 0 radical (unpaired) electrons. The normalized spacial score (nSPS) is 11.4. The number of anilines is 1. The summed E-state index contributed by atoms with van der Waals surface area (Å²) in [6.07, 6.45) is 1.48. The zero-order valence-corrected chi connectivity index (χ0v) is 15.8. The summed E-state index contributed by atoms with van der Waals surface area (Å²) < 4.78 is 38.7. The molecule has 3 aromatic rings. The molecule has 1 heterocycles. The fraction of sp³-hybridized carbons (Fsp3) is 0.211. The molecule has 1 N–H and O–H groups in total. The number of sulfonamides is 1. The van der Waals surface area contributed by atoms with Crippen LogP contribution in [0.1, 0.15) is 16.7 Å². The molecule has 0 amide bonds. The number of hydrogen-bond acceptors (Lipinski definition) is 5. The number of aryl methyl sites for hydroxylation is 3. The lowest BCUT2D eigenvalue weighted by molar-refractivity contribution is 0.415. The number of benzene rings is 2. The lowest BCUT2D eigenvalue weighted by Crippen LogP contribution is -2.16. The van der Waals surface area contributed by atoms with Crippen molar-refractivity contribution in [3.05, 3.63) is 59.3 Å². The van der Waals surface area contributed by atoms with E-state index in [1.165, 1.54) is 6.20 Å². The van der Waals surface area contributed by atoms with Crippen molar-refractivity contribution in [1.29, 1.82) is 0 Å². The minimum atomic E-state index is -3.81. The van der Waals surface area contributed by atoms with E-state index < -0.39 is 10.0 Å². The fourth-order valence-electron chi connectivity index (χ4n) is 3.05. The fourth-order valence-corrected chi connectivity index (χ4v) is 4.51. The van der Waals surface area contributed by atoms with Crippen molar-refractivity contribution in [2.75, 3.05) is 11.8 Å². The smallest absolute Gasteiger partial charge is 0.264 e. The van der Waals surface area contributed by atoms with Crippen LogP contribution in [-0.2, 0) is 10.0 Å². The highest BCUT2D eigenvalue weighted by Crippen LogP contribution is 2.32. The average Bonchev–Trinajstić information content (AvgIpc) is 3.01. The third-order valence-corrected chi connectivity index (χ3v) is 5.71. The first-order valence-electron chi connectivity index (χ1n) is 8.01. The first-order chi connectivity index (χ1) is 12.3. The highest BCUT2D eigenvalue weighted by molar-refractivity contribution is 7.92. The van der Waals surface area contributed by atoms with Crippen molar-refractivity contribution in [3.63, 3.8) is 0 Å². The number of aromatic nitrogens is 1. The van der Waals surface area contributed by atoms with Crippen molar-refractivity contribution < 1.29 is 17.7 Å². The summed E-state index contributed by atoms with van der Waals surface area (Å²) in [6.45, 7) is 5.49. The van der Waals surface area contributed by atoms with Crippen LogP contribution in [0.2, 0.25) is 0 Å². The Kier molecular flexibility index (Phi) is 4.73. The molecular weight excluding hydrogens is 352 g/mol. The van der Waals surface area contributed by atoms with Crippen LogP contribution in [0.5, 0.6) is 5.75 Å². The second-order valence-corrected chi connectivity index (χ2v) is 7.75. The summed E-state index contributed by atoms with van der Waals surface area (Å²) >= 11 is 0. The number of hydrogen-bond donors (Lipinski definition) is 1. The molecule has 0 spiro atoms. The maximum Gasteiger partial charge on any atom is 0.264 e. The predicted molar refractivity (Wildman–Crippen MR) is 100.0 cm³/mol. The van der Waals surface area contributed by atoms with Crippen LogP contribution >= 0.6 is 0 Å². The largest absolute Gasteiger partial charge is 0.497 e. The van der Waals surface area contributed by atoms with Crippen molar-refractivity contribution in [2.24, 2.45) is 0 Å². The van der Waals surface area contributed by atoms with E-state index in [2.05, 4.69) is 9.88 Å². The number of nitrogens with zero attached hydrogens (tertiary/aromatic N) is 1. The SMILES string of the molecule is COc1ccc(-c2cnoc2NS(=O)(=O)c2c(C)cc(C)cc2C)cc1. The second-order valence-electron chi connectivity index (χ2n) is 6.13. The molecule has 0 aliphatic rings. The molecule has 0 saturated heterocycles. The monoisotopic (exact) mass is 372 g/mol. The van der Waals surface area contributed by atoms with Gasteiger partial charge in [-0.25, -0.2) is 13.1 Å². The Morgan fingerprint density at radius 1 is 1.04 bits per heavy atom. The van der Waals surface area contributed by atoms with E-state index in [-0.39, 0.29) is 10.8 Å². The van der Waals surface area contributed by atoms with Crippen LogP contribution < -0.4 is 9.46 Å². The molecule has 0 saturated carbocycles. The van der Waals surface area contributed by atoms with E-state index >= 15 is 0 Å². The van der Waals surface area contributed by atoms with Crippen molar-refractivity contribution >= 4 is 15.9 Å². The summed E-state index contributed by atoms with van der Waals surface area (Å²) in [5, 5.41) is 3.74. The number of methoxy groups -OCH3 is 1. The minimum Gasteiger partial charge on any atom is -0.497 e. The Bertz CT molecular complexity index is 1010. The van der Waals surface area contributed by atoms with E-state index in [9.17, 15) is 8.42 Å². The quantitative estimate of drug-likeness (QED) is 0.730. The summed E-state index contributed by atoms with van der Waals surface area (Å²) in [7, 11) is -2.23. The number of ether oxygens (including phenoxy) is 1. The van der Waals surface area contributed by atoms with Gasteiger partial charge in [0.15, 0.2) is 0 Å². The van der Waals surface area contributed by atoms with Gasteiger partial charge in [-0.2, -0.15) is 0 Å². The number of nitrogens with one attached hydrogen (secondary N) is 1. The summed E-state index contributed by atoms with van der Waals surface area (Å²) in [5.74, 6) is 0.785. The molecule has 7 heteroatoms. The van der Waals surface area contributed by atoms with Gasteiger partial charge in [0.25, 0.3) is 10.0 Å². The van der Waals surface area contributed by atoms with Gasteiger partial charge in [0.1, 0.15) is 5.75 Å². The lowest BCUT2D eigenvalue weighted by atomic mass is 10.1. The molecule has 1 aromatic heterocycles. The van der Waals surface area contributed by atoms with Gasteiger partial charge in [-0.05, 0) is 49.6 Å². The van der Waals surface area contributed by atoms with Gasteiger partial charge in [0.2, 0.25) is 5.88 Å². The second kappa shape index (κ2) is 6.84. The molecule has 136 valence electrons. The minimum absolute atomic E-state index is 0.0783. The lowest BCUT2D eigenvalue weighted by Gasteiger charge is -2.13. The van der Waals surface area contributed by atoms with Gasteiger partial charge >= 0.3 is 0 Å². The molecule has 0 unspecified atom stereocenters. The van der Waals surface area contributed by atoms with Gasteiger partial charge in [-0.15, -0.1) is 0 Å². The predicted octanol–water partition coefficient (Wildman–Crippen LogP) is 4.08. The van der Waals surface area contributed by atoms with Crippen LogP contribution in [0.4, 0.5) is 5.88 Å². The molecule has 0 bridgehead atoms. The Morgan fingerprint density at radius 2 is 1.65 bits per heavy atom. The maximum absolute atomic E-state index is 12.9. The Labute approximate surface area is 152 Å². The third kappa shape index (κ3) is 3.43. The van der Waals surface area contributed by atoms with Gasteiger partial charge < -0.3 is 9.26 Å². The first-order valence-corrected chi connectivity index (χ1v) is 9.50. The number of rotatable bonds is 5. The third-order valence-electron chi connectivity index (χ3n) is 4.07. The molecule has 26 heavy (non-hydrogen) atoms. The van der Waals surface area contributed by atoms with Gasteiger partial charge in [0, 0.05) is 0 Å². The standard InChI is InChI=1S/C19H20N2O4S/c1-12-9-13(2)18(14(3)10-12)26(22,23)21-19-17(11-20-25-19)15-5-7-16(24-4)8-6-15/h5-11,21H,1-4H3. The first kappa shape index (κ1) is 18.0. The van der Waals surface area contributed by atoms with Crippen molar-refractivity contribution in [1.82, 2.24) is 5.16 Å². The van der Waals surface area contributed by atoms with E-state index in [4.69, 9.17) is 9.26 Å². The van der Waals surface area contributed by atoms with Gasteiger partial charge in [-0.3, -0.25) is 0 Å². The van der Waals surface area contributed by atoms with Crippen LogP contribution in [0.3, 0.4) is 0 Å². The van der Waals surface area contributed by atoms with E-state index in [1.54, 1.807) is 33.1 Å². The zero-order valence-electron chi connectivity index (χ0n) is 15.0. The Morgan fingerprint density at radius 3 is 2.23 bits per heavy atom. The topological polar surface area (TPSA) is 81.4 Å². The summed E-state index contributed by atoms with van der Waals surface area (Å²) in [5.41, 5.74) is 3.69. The van der Waals surface area contributed by atoms with E-state index in [1.807, 2.05) is 31.2 Å². The summed E-state index contributed by atoms with van der Waals surface area (Å²) in [6, 6.07) is 10.9. The highest BCUT2D eigenvalue weighted by Gasteiger charge is 2.23. The Hall–Kier alpha value is -2.80. The highest BCUT2D eigenvalue weighted by atomic mass is 32.2. The van der Waals surface area contributed by atoms with Gasteiger partial charge in [-0.1, -0.05) is 35.0 Å². The van der Waals surface area contributed by atoms with Crippen LogP contribution in [0, 0.1) is 20.8 Å². The maximum atomic E-state index is 12.9. The molecule has 0 fully saturated rings. The molecule has 6 nitrogen and oxygen atoms in total. The van der Waals surface area contributed by atoms with E-state index in [0.29, 0.717) is 22.4 Å². The molecule has 0 aliphatic heterocycles. The van der Waals surface area contributed by atoms with Crippen molar-refractivity contribution in [2.45, 2.75) is 25.7 Å². The van der Waals surface area contributed by atoms with Crippen molar-refractivity contribution in [3.8, 4) is 16.9 Å². The Balaban J connectivity index is 1.98. The molecule has 0 aliphatic carbocycles. The average molecular weight is 372 g/mol. The summed E-state index contributed by atoms with van der Waals surface area (Å²) in [4.78, 5) is 0.250. The molecular formula is C19H20N2O4S. The molecule has 3 rings (SSSR count). The van der Waals surface area contributed by atoms with Crippen LogP contribution in [-0.4, -0.2) is 20.7 Å².